The van der Waals surface area contributed by atoms with Crippen LogP contribution in [0.15, 0.2) is 36.5 Å². The first-order chi connectivity index (χ1) is 10.0. The Hall–Kier alpha value is -2.06. The Kier molecular flexibility index (Phi) is 3.34. The first kappa shape index (κ1) is 13.9. The topological polar surface area (TPSA) is 58.7 Å². The quantitative estimate of drug-likeness (QED) is 0.792. The Morgan fingerprint density at radius 3 is 2.76 bits per heavy atom. The van der Waals surface area contributed by atoms with Gasteiger partial charge in [-0.1, -0.05) is 32.0 Å². The number of nitriles is 1. The second-order valence-electron chi connectivity index (χ2n) is 5.87. The fraction of sp³-hybridized carbons (Fsp3) is 0.312. The first-order valence-electron chi connectivity index (χ1n) is 6.76. The smallest absolute Gasteiger partial charge is 0.166 e. The average Bonchev–Trinajstić information content (AvgIpc) is 2.89. The van der Waals surface area contributed by atoms with Crippen molar-refractivity contribution in [3.05, 3.63) is 47.8 Å². The van der Waals surface area contributed by atoms with Crippen LogP contribution in [0.1, 0.15) is 41.6 Å². The van der Waals surface area contributed by atoms with Crippen molar-refractivity contribution in [1.82, 2.24) is 9.78 Å². The van der Waals surface area contributed by atoms with Gasteiger partial charge in [0, 0.05) is 6.42 Å². The third kappa shape index (κ3) is 2.26. The van der Waals surface area contributed by atoms with Gasteiger partial charge < -0.3 is 0 Å². The zero-order valence-electron chi connectivity index (χ0n) is 11.9. The molecule has 0 aliphatic heterocycles. The number of carbonyl (C=O) groups is 1. The van der Waals surface area contributed by atoms with Gasteiger partial charge in [0.15, 0.2) is 5.78 Å². The molecule has 2 aromatic rings. The highest BCUT2D eigenvalue weighted by atomic mass is 32.2. The summed E-state index contributed by atoms with van der Waals surface area (Å²) < 4.78 is 1.79. The van der Waals surface area contributed by atoms with Gasteiger partial charge in [0.2, 0.25) is 0 Å². The zero-order valence-corrected chi connectivity index (χ0v) is 12.7. The second kappa shape index (κ2) is 5.05. The molecule has 1 aliphatic carbocycles. The lowest BCUT2D eigenvalue weighted by Gasteiger charge is -2.36. The van der Waals surface area contributed by atoms with Crippen molar-refractivity contribution in [3.63, 3.8) is 0 Å². The number of carbonyl (C=O) groups excluding carboxylic acids is 1. The standard InChI is InChI=1S/C16H15N3OS/c1-16(2)8-13(20)12-9-18-19(11-6-4-3-5-7-11)14(12)15(16)21-10-17/h3-7,9,15H,8H2,1-2H3/t15-/m1/s1. The van der Waals surface area contributed by atoms with E-state index in [-0.39, 0.29) is 16.4 Å². The Morgan fingerprint density at radius 2 is 2.10 bits per heavy atom. The lowest BCUT2D eigenvalue weighted by molar-refractivity contribution is 0.0908. The van der Waals surface area contributed by atoms with Crippen LogP contribution in [0.4, 0.5) is 0 Å². The highest BCUT2D eigenvalue weighted by Crippen LogP contribution is 2.51. The van der Waals surface area contributed by atoms with Gasteiger partial charge in [-0.05, 0) is 29.3 Å². The summed E-state index contributed by atoms with van der Waals surface area (Å²) in [7, 11) is 0. The van der Waals surface area contributed by atoms with Gasteiger partial charge >= 0.3 is 0 Å². The van der Waals surface area contributed by atoms with Gasteiger partial charge in [-0.25, -0.2) is 4.68 Å². The molecule has 106 valence electrons. The van der Waals surface area contributed by atoms with Crippen molar-refractivity contribution in [2.45, 2.75) is 25.5 Å². The number of thiocyanates is 1. The predicted octanol–water partition coefficient (Wildman–Crippen LogP) is 3.74. The molecule has 0 spiro atoms. The number of rotatable bonds is 2. The van der Waals surface area contributed by atoms with Gasteiger partial charge in [-0.2, -0.15) is 10.4 Å². The van der Waals surface area contributed by atoms with Crippen molar-refractivity contribution >= 4 is 17.5 Å². The molecule has 1 aromatic heterocycles. The third-order valence-electron chi connectivity index (χ3n) is 3.85. The minimum atomic E-state index is -0.267. The van der Waals surface area contributed by atoms with E-state index >= 15 is 0 Å². The minimum absolute atomic E-state index is 0.0714. The highest BCUT2D eigenvalue weighted by molar-refractivity contribution is 8.04. The molecule has 0 N–H and O–H groups in total. The molecular formula is C16H15N3OS. The monoisotopic (exact) mass is 297 g/mol. The van der Waals surface area contributed by atoms with E-state index < -0.39 is 0 Å². The summed E-state index contributed by atoms with van der Waals surface area (Å²) >= 11 is 1.21. The van der Waals surface area contributed by atoms with Gasteiger partial charge in [0.1, 0.15) is 5.40 Å². The Morgan fingerprint density at radius 1 is 1.38 bits per heavy atom. The molecular weight excluding hydrogens is 282 g/mol. The fourth-order valence-electron chi connectivity index (χ4n) is 2.84. The predicted molar refractivity (Wildman–Crippen MR) is 82.2 cm³/mol. The minimum Gasteiger partial charge on any atom is -0.294 e. The lowest BCUT2D eigenvalue weighted by atomic mass is 9.75. The van der Waals surface area contributed by atoms with Gasteiger partial charge in [-0.3, -0.25) is 4.79 Å². The first-order valence-corrected chi connectivity index (χ1v) is 7.64. The largest absolute Gasteiger partial charge is 0.294 e. The summed E-state index contributed by atoms with van der Waals surface area (Å²) in [5, 5.41) is 15.6. The third-order valence-corrected chi connectivity index (χ3v) is 5.05. The molecule has 1 aromatic carbocycles. The Balaban J connectivity index is 2.21. The molecule has 0 saturated heterocycles. The summed E-state index contributed by atoms with van der Waals surface area (Å²) in [6, 6.07) is 9.72. The number of hydrogen-bond acceptors (Lipinski definition) is 4. The van der Waals surface area contributed by atoms with Crippen LogP contribution < -0.4 is 0 Å². The Bertz CT molecular complexity index is 728. The average molecular weight is 297 g/mol. The maximum absolute atomic E-state index is 12.4. The van der Waals surface area contributed by atoms with Crippen LogP contribution in [-0.2, 0) is 0 Å². The number of Topliss-reactive ketones (excluding diaryl/α,β-unsaturated/α-hetero) is 1. The zero-order chi connectivity index (χ0) is 15.0. The summed E-state index contributed by atoms with van der Waals surface area (Å²) in [5.41, 5.74) is 2.13. The van der Waals surface area contributed by atoms with E-state index in [0.717, 1.165) is 11.4 Å². The van der Waals surface area contributed by atoms with E-state index in [1.807, 2.05) is 44.2 Å². The summed E-state index contributed by atoms with van der Waals surface area (Å²) in [6.45, 7) is 4.07. The van der Waals surface area contributed by atoms with Crippen LogP contribution in [0.3, 0.4) is 0 Å². The van der Waals surface area contributed by atoms with E-state index in [1.54, 1.807) is 10.9 Å². The maximum Gasteiger partial charge on any atom is 0.166 e. The summed E-state index contributed by atoms with van der Waals surface area (Å²) in [4.78, 5) is 12.4. The number of thioether (sulfide) groups is 1. The van der Waals surface area contributed by atoms with Crippen LogP contribution in [0.25, 0.3) is 5.69 Å². The number of aromatic nitrogens is 2. The van der Waals surface area contributed by atoms with E-state index in [9.17, 15) is 4.79 Å². The van der Waals surface area contributed by atoms with Crippen LogP contribution in [0.2, 0.25) is 0 Å². The number of para-hydroxylation sites is 1. The molecule has 4 nitrogen and oxygen atoms in total. The van der Waals surface area contributed by atoms with Crippen LogP contribution in [-0.4, -0.2) is 15.6 Å². The normalized spacial score (nSPS) is 19.9. The number of benzene rings is 1. The molecule has 21 heavy (non-hydrogen) atoms. The van der Waals surface area contributed by atoms with E-state index in [2.05, 4.69) is 10.5 Å². The summed E-state index contributed by atoms with van der Waals surface area (Å²) in [5.74, 6) is 0.104. The molecule has 3 rings (SSSR count). The molecule has 5 heteroatoms. The molecule has 0 bridgehead atoms. The van der Waals surface area contributed by atoms with E-state index in [4.69, 9.17) is 5.26 Å². The van der Waals surface area contributed by atoms with Gasteiger partial charge in [-0.15, -0.1) is 0 Å². The fourth-order valence-corrected chi connectivity index (χ4v) is 3.69. The number of ketones is 1. The van der Waals surface area contributed by atoms with Crippen LogP contribution >= 0.6 is 11.8 Å². The molecule has 0 saturated carbocycles. The maximum atomic E-state index is 12.4. The van der Waals surface area contributed by atoms with Crippen molar-refractivity contribution in [2.24, 2.45) is 5.41 Å². The van der Waals surface area contributed by atoms with E-state index in [0.29, 0.717) is 12.0 Å². The van der Waals surface area contributed by atoms with Gasteiger partial charge in [0.25, 0.3) is 0 Å². The number of fused-ring (bicyclic) bond motifs is 1. The summed E-state index contributed by atoms with van der Waals surface area (Å²) in [6.07, 6.45) is 2.07. The molecule has 0 radical (unpaired) electrons. The second-order valence-corrected chi connectivity index (χ2v) is 6.76. The Labute approximate surface area is 127 Å². The number of hydrogen-bond donors (Lipinski definition) is 0. The van der Waals surface area contributed by atoms with Crippen LogP contribution in [0, 0.1) is 16.1 Å². The van der Waals surface area contributed by atoms with Gasteiger partial charge in [0.05, 0.1) is 28.4 Å². The van der Waals surface area contributed by atoms with E-state index in [1.165, 1.54) is 11.8 Å². The van der Waals surface area contributed by atoms with Crippen molar-refractivity contribution in [3.8, 4) is 11.1 Å². The molecule has 0 fully saturated rings. The molecule has 0 amide bonds. The van der Waals surface area contributed by atoms with Crippen molar-refractivity contribution in [2.75, 3.05) is 0 Å². The van der Waals surface area contributed by atoms with Crippen molar-refractivity contribution < 1.29 is 4.79 Å². The SMILES string of the molecule is CC1(C)CC(=O)c2cnn(-c3ccccc3)c2[C@H]1SC#N. The molecule has 1 heterocycles. The van der Waals surface area contributed by atoms with Crippen LogP contribution in [0.5, 0.6) is 0 Å². The molecule has 0 unspecified atom stereocenters. The lowest BCUT2D eigenvalue weighted by Crippen LogP contribution is -2.31. The number of nitrogens with zero attached hydrogens (tertiary/aromatic N) is 3. The highest BCUT2D eigenvalue weighted by Gasteiger charge is 2.43. The molecule has 1 aliphatic rings. The molecule has 1 atom stereocenters. The van der Waals surface area contributed by atoms with Crippen molar-refractivity contribution in [1.29, 1.82) is 5.26 Å².